The van der Waals surface area contributed by atoms with E-state index in [-0.39, 0.29) is 6.71 Å². The summed E-state index contributed by atoms with van der Waals surface area (Å²) in [7, 11) is -0.215. The Hall–Kier alpha value is -6.45. The van der Waals surface area contributed by atoms with Gasteiger partial charge < -0.3 is 14.0 Å². The van der Waals surface area contributed by atoms with E-state index < -0.39 is 7.14 Å². The first-order valence-electron chi connectivity index (χ1n) is 19.9. The van der Waals surface area contributed by atoms with Gasteiger partial charge in [-0.2, -0.15) is 0 Å². The summed E-state index contributed by atoms with van der Waals surface area (Å²) in [5, 5.41) is 2.10. The van der Waals surface area contributed by atoms with Crippen LogP contribution in [0.4, 0.5) is 0 Å². The van der Waals surface area contributed by atoms with Gasteiger partial charge in [0.15, 0.2) is 7.14 Å². The number of rotatable bonds is 8. The summed E-state index contributed by atoms with van der Waals surface area (Å²) in [4.78, 5) is 0. The van der Waals surface area contributed by atoms with Crippen LogP contribution in [0.1, 0.15) is 55.6 Å². The van der Waals surface area contributed by atoms with E-state index in [2.05, 4.69) is 102 Å². The normalized spacial score (nSPS) is 10.8. The van der Waals surface area contributed by atoms with Crippen molar-refractivity contribution < 1.29 is 14.0 Å². The smallest absolute Gasteiger partial charge is 0.244 e. The molecule has 0 aromatic heterocycles. The lowest BCUT2D eigenvalue weighted by atomic mass is 9.33. The molecule has 0 bridgehead atoms. The third kappa shape index (κ3) is 8.57. The van der Waals surface area contributed by atoms with Crippen molar-refractivity contribution in [3.8, 4) is 35.2 Å². The summed E-state index contributed by atoms with van der Waals surface area (Å²) in [5.41, 5.74) is 13.9. The van der Waals surface area contributed by atoms with Crippen molar-refractivity contribution in [1.82, 2.24) is 0 Å². The number of ether oxygens (including phenoxy) is 2. The van der Waals surface area contributed by atoms with Crippen LogP contribution in [0.5, 0.6) is 11.5 Å². The predicted molar refractivity (Wildman–Crippen MR) is 250 cm³/mol. The standard InChI is InChI=1S/C54H48BO3P/c1-37-31-39(3)53(40(4)32-37)55(54-41(5)33-38(2)34-42(54)6)51-35-46(26-20-44-23-29-48(58-8)30-24-44)52(36-45(51)25-19-43-21-27-47(57-7)28-22-43)59(56,49-15-11-9-12-16-49)50-17-13-10-14-18-50/h9-18,21-24,27-36H,1-8H3. The Balaban J connectivity index is 1.64. The van der Waals surface area contributed by atoms with E-state index in [1.807, 2.05) is 109 Å². The van der Waals surface area contributed by atoms with E-state index in [4.69, 9.17) is 9.47 Å². The van der Waals surface area contributed by atoms with Gasteiger partial charge in [-0.15, -0.1) is 0 Å². The van der Waals surface area contributed by atoms with Gasteiger partial charge in [-0.05, 0) is 102 Å². The largest absolute Gasteiger partial charge is 0.497 e. The third-order valence-electron chi connectivity index (χ3n) is 11.0. The maximum Gasteiger partial charge on any atom is 0.244 e. The molecule has 59 heavy (non-hydrogen) atoms. The van der Waals surface area contributed by atoms with Crippen LogP contribution in [0.15, 0.2) is 146 Å². The van der Waals surface area contributed by atoms with E-state index >= 15 is 4.57 Å². The van der Waals surface area contributed by atoms with Crippen molar-refractivity contribution in [2.75, 3.05) is 14.2 Å². The summed E-state index contributed by atoms with van der Waals surface area (Å²) in [6.07, 6.45) is 0. The monoisotopic (exact) mass is 786 g/mol. The molecule has 0 atom stereocenters. The van der Waals surface area contributed by atoms with Crippen molar-refractivity contribution in [3.05, 3.63) is 201 Å². The Morgan fingerprint density at radius 1 is 0.458 bits per heavy atom. The summed E-state index contributed by atoms with van der Waals surface area (Å²) in [6, 6.07) is 48.5. The molecule has 0 aliphatic rings. The van der Waals surface area contributed by atoms with Gasteiger partial charge in [0.25, 0.3) is 0 Å². The summed E-state index contributed by atoms with van der Waals surface area (Å²) in [5.74, 6) is 15.7. The Morgan fingerprint density at radius 2 is 0.847 bits per heavy atom. The average Bonchev–Trinajstić information content (AvgIpc) is 3.24. The van der Waals surface area contributed by atoms with Crippen LogP contribution in [-0.2, 0) is 4.57 Å². The fourth-order valence-corrected chi connectivity index (χ4v) is 11.2. The number of methoxy groups -OCH3 is 2. The van der Waals surface area contributed by atoms with Gasteiger partial charge >= 0.3 is 0 Å². The minimum absolute atomic E-state index is 0.209. The first kappa shape index (κ1) is 40.7. The van der Waals surface area contributed by atoms with E-state index in [1.165, 1.54) is 44.3 Å². The molecule has 0 fully saturated rings. The van der Waals surface area contributed by atoms with Crippen LogP contribution in [-0.4, -0.2) is 20.9 Å². The molecule has 7 aromatic rings. The van der Waals surface area contributed by atoms with Gasteiger partial charge in [-0.25, -0.2) is 0 Å². The fraction of sp³-hybridized carbons (Fsp3) is 0.148. The zero-order valence-electron chi connectivity index (χ0n) is 35.1. The van der Waals surface area contributed by atoms with E-state index in [0.29, 0.717) is 10.9 Å². The van der Waals surface area contributed by atoms with Gasteiger partial charge in [0.2, 0.25) is 6.71 Å². The van der Waals surface area contributed by atoms with Crippen molar-refractivity contribution >= 4 is 46.2 Å². The first-order valence-corrected chi connectivity index (χ1v) is 21.6. The van der Waals surface area contributed by atoms with Crippen LogP contribution in [0, 0.1) is 65.2 Å². The van der Waals surface area contributed by atoms with Crippen LogP contribution in [0.2, 0.25) is 0 Å². The molecule has 0 N–H and O–H groups in total. The molecule has 0 aliphatic heterocycles. The molecule has 3 nitrogen and oxygen atoms in total. The highest BCUT2D eigenvalue weighted by molar-refractivity contribution is 7.85. The second-order valence-corrected chi connectivity index (χ2v) is 18.0. The molecule has 0 saturated carbocycles. The summed E-state index contributed by atoms with van der Waals surface area (Å²) in [6.45, 7) is 12.9. The van der Waals surface area contributed by atoms with E-state index in [0.717, 1.165) is 44.3 Å². The summed E-state index contributed by atoms with van der Waals surface area (Å²) < 4.78 is 27.3. The third-order valence-corrected chi connectivity index (χ3v) is 14.1. The minimum Gasteiger partial charge on any atom is -0.497 e. The van der Waals surface area contributed by atoms with E-state index in [1.54, 1.807) is 14.2 Å². The highest BCUT2D eigenvalue weighted by Gasteiger charge is 2.36. The molecule has 290 valence electrons. The SMILES string of the molecule is COc1ccc(C#Cc2cc(P(=O)(c3ccccc3)c3ccccc3)c(C#Cc3ccc(OC)cc3)cc2B(c2c(C)cc(C)cc2C)c2c(C)cc(C)cc2C)cc1. The van der Waals surface area contributed by atoms with Crippen LogP contribution >= 0.6 is 7.14 Å². The Bertz CT molecular complexity index is 2670. The van der Waals surface area contributed by atoms with Crippen molar-refractivity contribution in [3.63, 3.8) is 0 Å². The molecular formula is C54H48BO3P. The maximum atomic E-state index is 16.4. The van der Waals surface area contributed by atoms with E-state index in [9.17, 15) is 0 Å². The van der Waals surface area contributed by atoms with Crippen molar-refractivity contribution in [2.24, 2.45) is 0 Å². The van der Waals surface area contributed by atoms with Gasteiger partial charge in [-0.3, -0.25) is 0 Å². The lowest BCUT2D eigenvalue weighted by Gasteiger charge is -2.27. The molecule has 0 heterocycles. The Labute approximate surface area is 350 Å². The number of hydrogen-bond donors (Lipinski definition) is 0. The van der Waals surface area contributed by atoms with Gasteiger partial charge in [-0.1, -0.05) is 158 Å². The second-order valence-electron chi connectivity index (χ2n) is 15.3. The molecule has 0 aliphatic carbocycles. The molecule has 0 saturated heterocycles. The molecule has 0 spiro atoms. The zero-order chi connectivity index (χ0) is 41.7. The van der Waals surface area contributed by atoms with Crippen molar-refractivity contribution in [1.29, 1.82) is 0 Å². The Kier molecular flexibility index (Phi) is 12.1. The second kappa shape index (κ2) is 17.6. The van der Waals surface area contributed by atoms with Gasteiger partial charge in [0.05, 0.1) is 14.2 Å². The molecule has 5 heteroatoms. The lowest BCUT2D eigenvalue weighted by molar-refractivity contribution is 0.414. The molecular weight excluding hydrogens is 738 g/mol. The number of benzene rings is 7. The fourth-order valence-electron chi connectivity index (χ4n) is 8.39. The topological polar surface area (TPSA) is 35.5 Å². The first-order chi connectivity index (χ1) is 28.5. The highest BCUT2D eigenvalue weighted by atomic mass is 31.2. The number of hydrogen-bond acceptors (Lipinski definition) is 3. The van der Waals surface area contributed by atoms with Gasteiger partial charge in [0.1, 0.15) is 11.5 Å². The minimum atomic E-state index is -3.53. The van der Waals surface area contributed by atoms with Crippen LogP contribution < -0.4 is 41.8 Å². The molecule has 0 radical (unpaired) electrons. The Morgan fingerprint density at radius 3 is 1.24 bits per heavy atom. The molecule has 0 amide bonds. The number of aryl methyl sites for hydroxylation is 6. The highest BCUT2D eigenvalue weighted by Crippen LogP contribution is 2.43. The van der Waals surface area contributed by atoms with Crippen LogP contribution in [0.25, 0.3) is 0 Å². The molecule has 0 unspecified atom stereocenters. The van der Waals surface area contributed by atoms with Crippen LogP contribution in [0.3, 0.4) is 0 Å². The zero-order valence-corrected chi connectivity index (χ0v) is 36.0. The average molecular weight is 787 g/mol. The molecule has 7 aromatic carbocycles. The summed E-state index contributed by atoms with van der Waals surface area (Å²) >= 11 is 0. The van der Waals surface area contributed by atoms with Crippen molar-refractivity contribution in [2.45, 2.75) is 41.5 Å². The molecule has 7 rings (SSSR count). The lowest BCUT2D eigenvalue weighted by Crippen LogP contribution is -2.57. The van der Waals surface area contributed by atoms with Gasteiger partial charge in [0, 0.05) is 38.2 Å². The maximum absolute atomic E-state index is 16.4. The quantitative estimate of drug-likeness (QED) is 0.0882. The predicted octanol–water partition coefficient (Wildman–Crippen LogP) is 8.51.